The zero-order chi connectivity index (χ0) is 21.1. The van der Waals surface area contributed by atoms with Gasteiger partial charge in [0.25, 0.3) is 5.91 Å². The van der Waals surface area contributed by atoms with Gasteiger partial charge in [-0.05, 0) is 53.7 Å². The number of para-hydroxylation sites is 1. The highest BCUT2D eigenvalue weighted by atomic mass is 32.1. The van der Waals surface area contributed by atoms with E-state index in [1.54, 1.807) is 17.0 Å². The molecule has 1 N–H and O–H groups in total. The van der Waals surface area contributed by atoms with E-state index in [4.69, 9.17) is 12.2 Å². The summed E-state index contributed by atoms with van der Waals surface area (Å²) in [5, 5.41) is 1.58. The summed E-state index contributed by atoms with van der Waals surface area (Å²) in [5.74, 6) is -0.420. The van der Waals surface area contributed by atoms with E-state index in [0.717, 1.165) is 27.7 Å². The van der Waals surface area contributed by atoms with Crippen LogP contribution in [0.5, 0.6) is 0 Å². The van der Waals surface area contributed by atoms with Gasteiger partial charge in [-0.25, -0.2) is 4.39 Å². The fourth-order valence-corrected chi connectivity index (χ4v) is 5.31. The number of carbonyl (C=O) groups is 1. The quantitative estimate of drug-likeness (QED) is 0.460. The van der Waals surface area contributed by atoms with Crippen molar-refractivity contribution >= 4 is 39.8 Å². The average Bonchev–Trinajstić information content (AvgIpc) is 3.29. The highest BCUT2D eigenvalue weighted by Crippen LogP contribution is 2.44. The first-order chi connectivity index (χ1) is 15.1. The summed E-state index contributed by atoms with van der Waals surface area (Å²) < 4.78 is 13.5. The van der Waals surface area contributed by atoms with Crippen LogP contribution in [0.1, 0.15) is 22.9 Å². The van der Waals surface area contributed by atoms with Crippen molar-refractivity contribution in [1.29, 1.82) is 0 Å². The Hall–Kier alpha value is -3.51. The molecule has 152 valence electrons. The number of amides is 1. The number of hydrogen-bond donors (Lipinski definition) is 1. The van der Waals surface area contributed by atoms with Gasteiger partial charge in [0.2, 0.25) is 0 Å². The molecule has 1 amide bonds. The molecule has 1 aromatic heterocycles. The van der Waals surface area contributed by atoms with Crippen LogP contribution in [0.15, 0.2) is 78.9 Å². The predicted molar refractivity (Wildman–Crippen MR) is 122 cm³/mol. The van der Waals surface area contributed by atoms with Crippen LogP contribution in [0, 0.1) is 5.82 Å². The lowest BCUT2D eigenvalue weighted by Crippen LogP contribution is -2.44. The number of halogens is 1. The van der Waals surface area contributed by atoms with Crippen LogP contribution in [0.3, 0.4) is 0 Å². The first-order valence-electron chi connectivity index (χ1n) is 10.2. The first kappa shape index (κ1) is 18.3. The third kappa shape index (κ3) is 2.65. The fraction of sp³-hybridized carbons (Fsp3) is 0.120. The van der Waals surface area contributed by atoms with Gasteiger partial charge in [0.05, 0.1) is 11.7 Å². The standard InChI is InChI=1S/C25H18FN3OS/c26-16-10-12-17(13-11-16)28-24(30)21-14-19-18-8-4-5-9-20(18)27-22(19)23(29(21)25(28)31)15-6-2-1-3-7-15/h1-13,21,23,27H,14H2. The van der Waals surface area contributed by atoms with E-state index in [-0.39, 0.29) is 17.8 Å². The Kier molecular flexibility index (Phi) is 3.98. The largest absolute Gasteiger partial charge is 0.356 e. The maximum Gasteiger partial charge on any atom is 0.256 e. The molecule has 4 aromatic rings. The molecule has 0 aliphatic carbocycles. The summed E-state index contributed by atoms with van der Waals surface area (Å²) in [5.41, 5.74) is 4.94. The van der Waals surface area contributed by atoms with E-state index >= 15 is 0 Å². The molecule has 0 spiro atoms. The van der Waals surface area contributed by atoms with Gasteiger partial charge in [0, 0.05) is 23.0 Å². The Morgan fingerprint density at radius 3 is 2.42 bits per heavy atom. The van der Waals surface area contributed by atoms with Gasteiger partial charge in [0.15, 0.2) is 5.11 Å². The smallest absolute Gasteiger partial charge is 0.256 e. The maximum absolute atomic E-state index is 13.6. The van der Waals surface area contributed by atoms with E-state index in [2.05, 4.69) is 29.2 Å². The van der Waals surface area contributed by atoms with Crippen molar-refractivity contribution in [3.8, 4) is 0 Å². The molecule has 6 rings (SSSR count). The number of aromatic nitrogens is 1. The van der Waals surface area contributed by atoms with E-state index < -0.39 is 6.04 Å². The van der Waals surface area contributed by atoms with Crippen molar-refractivity contribution in [2.24, 2.45) is 0 Å². The van der Waals surface area contributed by atoms with Crippen molar-refractivity contribution in [1.82, 2.24) is 9.88 Å². The van der Waals surface area contributed by atoms with Crippen molar-refractivity contribution in [3.63, 3.8) is 0 Å². The molecule has 2 aliphatic heterocycles. The molecule has 2 atom stereocenters. The summed E-state index contributed by atoms with van der Waals surface area (Å²) in [6, 6.07) is 23.6. The van der Waals surface area contributed by atoms with Crippen LogP contribution in [0.4, 0.5) is 10.1 Å². The number of rotatable bonds is 2. The summed E-state index contributed by atoms with van der Waals surface area (Å²) in [4.78, 5) is 20.7. The fourth-order valence-electron chi connectivity index (χ4n) is 4.88. The number of fused-ring (bicyclic) bond motifs is 4. The summed E-state index contributed by atoms with van der Waals surface area (Å²) in [6.45, 7) is 0. The zero-order valence-electron chi connectivity index (χ0n) is 16.5. The molecule has 0 saturated carbocycles. The Morgan fingerprint density at radius 1 is 0.935 bits per heavy atom. The molecule has 6 heteroatoms. The van der Waals surface area contributed by atoms with Crippen LogP contribution in [-0.2, 0) is 11.2 Å². The number of carbonyl (C=O) groups excluding carboxylic acids is 1. The van der Waals surface area contributed by atoms with E-state index in [1.807, 2.05) is 35.2 Å². The lowest BCUT2D eigenvalue weighted by Gasteiger charge is -2.37. The average molecular weight is 428 g/mol. The van der Waals surface area contributed by atoms with Crippen LogP contribution in [0.2, 0.25) is 0 Å². The number of nitrogens with zero attached hydrogens (tertiary/aromatic N) is 2. The number of H-pyrrole nitrogens is 1. The van der Waals surface area contributed by atoms with Gasteiger partial charge in [-0.15, -0.1) is 0 Å². The molecule has 2 unspecified atom stereocenters. The Morgan fingerprint density at radius 2 is 1.65 bits per heavy atom. The van der Waals surface area contributed by atoms with E-state index in [1.165, 1.54) is 12.1 Å². The number of nitrogens with one attached hydrogen (secondary N) is 1. The summed E-state index contributed by atoms with van der Waals surface area (Å²) in [7, 11) is 0. The van der Waals surface area contributed by atoms with E-state index in [0.29, 0.717) is 17.2 Å². The lowest BCUT2D eigenvalue weighted by molar-refractivity contribution is -0.120. The molecule has 1 fully saturated rings. The Bertz CT molecular complexity index is 1330. The molecule has 3 heterocycles. The molecule has 0 radical (unpaired) electrons. The molecular weight excluding hydrogens is 409 g/mol. The molecule has 31 heavy (non-hydrogen) atoms. The van der Waals surface area contributed by atoms with Gasteiger partial charge < -0.3 is 9.88 Å². The minimum Gasteiger partial charge on any atom is -0.356 e. The van der Waals surface area contributed by atoms with Gasteiger partial charge in [-0.3, -0.25) is 9.69 Å². The second-order valence-electron chi connectivity index (χ2n) is 7.94. The molecule has 3 aromatic carbocycles. The maximum atomic E-state index is 13.6. The number of hydrogen-bond acceptors (Lipinski definition) is 2. The normalized spacial score (nSPS) is 20.3. The Balaban J connectivity index is 1.54. The van der Waals surface area contributed by atoms with Crippen molar-refractivity contribution < 1.29 is 9.18 Å². The second kappa shape index (κ2) is 6.75. The van der Waals surface area contributed by atoms with Crippen LogP contribution < -0.4 is 4.90 Å². The molecular formula is C25H18FN3OS. The molecule has 4 nitrogen and oxygen atoms in total. The highest BCUT2D eigenvalue weighted by molar-refractivity contribution is 7.80. The first-order valence-corrected chi connectivity index (χ1v) is 10.6. The molecule has 2 aliphatic rings. The second-order valence-corrected chi connectivity index (χ2v) is 8.30. The summed E-state index contributed by atoms with van der Waals surface area (Å²) >= 11 is 5.84. The van der Waals surface area contributed by atoms with Crippen LogP contribution >= 0.6 is 12.2 Å². The van der Waals surface area contributed by atoms with Gasteiger partial charge >= 0.3 is 0 Å². The van der Waals surface area contributed by atoms with Gasteiger partial charge in [0.1, 0.15) is 11.9 Å². The third-order valence-corrected chi connectivity index (χ3v) is 6.64. The highest BCUT2D eigenvalue weighted by Gasteiger charge is 2.50. The van der Waals surface area contributed by atoms with Crippen molar-refractivity contribution in [2.45, 2.75) is 18.5 Å². The SMILES string of the molecule is O=C1C2Cc3c([nH]c4ccccc34)C(c3ccccc3)N2C(=S)N1c1ccc(F)cc1. The molecule has 0 bridgehead atoms. The van der Waals surface area contributed by atoms with Crippen LogP contribution in [0.25, 0.3) is 10.9 Å². The summed E-state index contributed by atoms with van der Waals surface area (Å²) in [6.07, 6.45) is 0.569. The predicted octanol–water partition coefficient (Wildman–Crippen LogP) is 4.95. The van der Waals surface area contributed by atoms with Crippen molar-refractivity contribution in [3.05, 3.63) is 102 Å². The minimum atomic E-state index is -0.408. The van der Waals surface area contributed by atoms with Crippen molar-refractivity contribution in [2.75, 3.05) is 4.90 Å². The monoisotopic (exact) mass is 427 g/mol. The Labute approximate surface area is 183 Å². The number of thiocarbonyl (C=S) groups is 1. The third-order valence-electron chi connectivity index (χ3n) is 6.25. The topological polar surface area (TPSA) is 39.3 Å². The molecule has 1 saturated heterocycles. The minimum absolute atomic E-state index is 0.0755. The van der Waals surface area contributed by atoms with E-state index in [9.17, 15) is 9.18 Å². The van der Waals surface area contributed by atoms with Gasteiger partial charge in [-0.2, -0.15) is 0 Å². The number of benzene rings is 3. The zero-order valence-corrected chi connectivity index (χ0v) is 17.3. The number of anilines is 1. The lowest BCUT2D eigenvalue weighted by atomic mass is 9.89. The van der Waals surface area contributed by atoms with Gasteiger partial charge in [-0.1, -0.05) is 48.5 Å². The van der Waals surface area contributed by atoms with Crippen LogP contribution in [-0.4, -0.2) is 26.9 Å². The number of aromatic amines is 1.